The van der Waals surface area contributed by atoms with Gasteiger partial charge < -0.3 is 16.2 Å². The summed E-state index contributed by atoms with van der Waals surface area (Å²) in [7, 11) is 0. The number of amides is 1. The number of halogens is 1. The second kappa shape index (κ2) is 6.00. The van der Waals surface area contributed by atoms with Gasteiger partial charge in [0, 0.05) is 12.0 Å². The third-order valence-corrected chi connectivity index (χ3v) is 3.61. The van der Waals surface area contributed by atoms with Crippen molar-refractivity contribution in [3.63, 3.8) is 0 Å². The average Bonchev–Trinajstić information content (AvgIpc) is 2.41. The molecule has 0 heterocycles. The molecule has 5 nitrogen and oxygen atoms in total. The van der Waals surface area contributed by atoms with Gasteiger partial charge in [0.25, 0.3) is 0 Å². The standard InChI is InChI=1S/C14H17FN2O3/c15-11-6-3-9(14(19)20)7-12(11)17-13(18)8-1-4-10(16)5-2-8/h3,6-8,10H,1-2,4-5,16H2,(H,17,18)(H,19,20). The number of nitrogens with one attached hydrogen (secondary N) is 1. The van der Waals surface area contributed by atoms with Crippen molar-refractivity contribution in [1.82, 2.24) is 0 Å². The Balaban J connectivity index is 2.07. The average molecular weight is 280 g/mol. The van der Waals surface area contributed by atoms with Crippen molar-refractivity contribution in [1.29, 1.82) is 0 Å². The van der Waals surface area contributed by atoms with Crippen LogP contribution in [0.3, 0.4) is 0 Å². The Hall–Kier alpha value is -1.95. The molecule has 0 atom stereocenters. The third kappa shape index (κ3) is 3.33. The Kier molecular flexibility index (Phi) is 4.34. The van der Waals surface area contributed by atoms with Crippen molar-refractivity contribution in [2.24, 2.45) is 11.7 Å². The number of hydrogen-bond donors (Lipinski definition) is 3. The quantitative estimate of drug-likeness (QED) is 0.789. The maximum atomic E-state index is 13.6. The van der Waals surface area contributed by atoms with E-state index in [1.54, 1.807) is 0 Å². The first-order chi connectivity index (χ1) is 9.47. The molecule has 1 aliphatic carbocycles. The zero-order valence-electron chi connectivity index (χ0n) is 10.9. The lowest BCUT2D eigenvalue weighted by molar-refractivity contribution is -0.120. The zero-order chi connectivity index (χ0) is 14.7. The minimum Gasteiger partial charge on any atom is -0.478 e. The van der Waals surface area contributed by atoms with Gasteiger partial charge in [0.15, 0.2) is 0 Å². The minimum atomic E-state index is -1.16. The summed E-state index contributed by atoms with van der Waals surface area (Å²) >= 11 is 0. The molecule has 1 aromatic carbocycles. The van der Waals surface area contributed by atoms with E-state index >= 15 is 0 Å². The van der Waals surface area contributed by atoms with Crippen LogP contribution in [-0.4, -0.2) is 23.0 Å². The van der Waals surface area contributed by atoms with Gasteiger partial charge in [-0.25, -0.2) is 9.18 Å². The molecule has 0 bridgehead atoms. The van der Waals surface area contributed by atoms with Gasteiger partial charge in [0.1, 0.15) is 5.82 Å². The van der Waals surface area contributed by atoms with E-state index in [0.717, 1.165) is 31.0 Å². The largest absolute Gasteiger partial charge is 0.478 e. The fourth-order valence-electron chi connectivity index (χ4n) is 2.37. The summed E-state index contributed by atoms with van der Waals surface area (Å²) in [5, 5.41) is 11.3. The Morgan fingerprint density at radius 3 is 2.50 bits per heavy atom. The number of benzene rings is 1. The first kappa shape index (κ1) is 14.5. The smallest absolute Gasteiger partial charge is 0.335 e. The highest BCUT2D eigenvalue weighted by Crippen LogP contribution is 2.25. The number of aromatic carboxylic acids is 1. The van der Waals surface area contributed by atoms with Gasteiger partial charge in [-0.15, -0.1) is 0 Å². The number of hydrogen-bond acceptors (Lipinski definition) is 3. The van der Waals surface area contributed by atoms with Gasteiger partial charge in [-0.3, -0.25) is 4.79 Å². The van der Waals surface area contributed by atoms with Gasteiger partial charge in [0.2, 0.25) is 5.91 Å². The first-order valence-corrected chi connectivity index (χ1v) is 6.56. The second-order valence-electron chi connectivity index (χ2n) is 5.10. The lowest BCUT2D eigenvalue weighted by Gasteiger charge is -2.25. The van der Waals surface area contributed by atoms with E-state index in [0.29, 0.717) is 12.8 Å². The van der Waals surface area contributed by atoms with Crippen LogP contribution in [0.2, 0.25) is 0 Å². The van der Waals surface area contributed by atoms with E-state index < -0.39 is 11.8 Å². The number of carbonyl (C=O) groups excluding carboxylic acids is 1. The molecular weight excluding hydrogens is 263 g/mol. The van der Waals surface area contributed by atoms with Crippen LogP contribution in [0.25, 0.3) is 0 Å². The van der Waals surface area contributed by atoms with E-state index in [2.05, 4.69) is 5.32 Å². The van der Waals surface area contributed by atoms with Crippen LogP contribution >= 0.6 is 0 Å². The predicted octanol–water partition coefficient (Wildman–Crippen LogP) is 1.98. The topological polar surface area (TPSA) is 92.4 Å². The van der Waals surface area contributed by atoms with E-state index in [4.69, 9.17) is 10.8 Å². The number of nitrogens with two attached hydrogens (primary N) is 1. The number of carbonyl (C=O) groups is 2. The highest BCUT2D eigenvalue weighted by molar-refractivity contribution is 5.95. The summed E-state index contributed by atoms with van der Waals surface area (Å²) in [6.45, 7) is 0. The van der Waals surface area contributed by atoms with Gasteiger partial charge in [-0.2, -0.15) is 0 Å². The molecule has 2 rings (SSSR count). The van der Waals surface area contributed by atoms with Crippen molar-refractivity contribution in [3.05, 3.63) is 29.6 Å². The molecule has 4 N–H and O–H groups in total. The molecule has 1 fully saturated rings. The molecule has 0 spiro atoms. The summed E-state index contributed by atoms with van der Waals surface area (Å²) in [4.78, 5) is 22.9. The van der Waals surface area contributed by atoms with Gasteiger partial charge >= 0.3 is 5.97 Å². The predicted molar refractivity (Wildman–Crippen MR) is 71.9 cm³/mol. The summed E-state index contributed by atoms with van der Waals surface area (Å²) in [5.74, 6) is -2.28. The zero-order valence-corrected chi connectivity index (χ0v) is 10.9. The van der Waals surface area contributed by atoms with Crippen molar-refractivity contribution < 1.29 is 19.1 Å². The Labute approximate surface area is 116 Å². The molecule has 20 heavy (non-hydrogen) atoms. The first-order valence-electron chi connectivity index (χ1n) is 6.56. The van der Waals surface area contributed by atoms with Crippen molar-refractivity contribution >= 4 is 17.6 Å². The molecule has 1 saturated carbocycles. The second-order valence-corrected chi connectivity index (χ2v) is 5.10. The maximum Gasteiger partial charge on any atom is 0.335 e. The number of carboxylic acid groups (broad SMARTS) is 1. The van der Waals surface area contributed by atoms with E-state index in [1.807, 2.05) is 0 Å². The normalized spacial score (nSPS) is 22.3. The van der Waals surface area contributed by atoms with Gasteiger partial charge in [-0.1, -0.05) is 0 Å². The maximum absolute atomic E-state index is 13.6. The molecule has 0 saturated heterocycles. The van der Waals surface area contributed by atoms with E-state index in [-0.39, 0.29) is 29.1 Å². The molecule has 108 valence electrons. The number of anilines is 1. The number of rotatable bonds is 3. The summed E-state index contributed by atoms with van der Waals surface area (Å²) < 4.78 is 13.6. The van der Waals surface area contributed by atoms with Crippen LogP contribution in [0.5, 0.6) is 0 Å². The van der Waals surface area contributed by atoms with Crippen LogP contribution in [0.15, 0.2) is 18.2 Å². The number of carboxylic acids is 1. The van der Waals surface area contributed by atoms with Crippen molar-refractivity contribution in [2.45, 2.75) is 31.7 Å². The van der Waals surface area contributed by atoms with Crippen LogP contribution < -0.4 is 11.1 Å². The Morgan fingerprint density at radius 1 is 1.25 bits per heavy atom. The fourth-order valence-corrected chi connectivity index (χ4v) is 2.37. The van der Waals surface area contributed by atoms with E-state index in [1.165, 1.54) is 0 Å². The van der Waals surface area contributed by atoms with Crippen LogP contribution in [0.1, 0.15) is 36.0 Å². The molecule has 0 aromatic heterocycles. The Bertz CT molecular complexity index is 525. The third-order valence-electron chi connectivity index (χ3n) is 3.61. The van der Waals surface area contributed by atoms with E-state index in [9.17, 15) is 14.0 Å². The summed E-state index contributed by atoms with van der Waals surface area (Å²) in [5.41, 5.74) is 5.61. The monoisotopic (exact) mass is 280 g/mol. The fraction of sp³-hybridized carbons (Fsp3) is 0.429. The Morgan fingerprint density at radius 2 is 1.90 bits per heavy atom. The molecule has 0 aliphatic heterocycles. The van der Waals surface area contributed by atoms with Gasteiger partial charge in [0.05, 0.1) is 11.3 Å². The van der Waals surface area contributed by atoms with Crippen LogP contribution in [0, 0.1) is 11.7 Å². The van der Waals surface area contributed by atoms with Crippen molar-refractivity contribution in [3.8, 4) is 0 Å². The SMILES string of the molecule is NC1CCC(C(=O)Nc2cc(C(=O)O)ccc2F)CC1. The van der Waals surface area contributed by atoms with Crippen LogP contribution in [0.4, 0.5) is 10.1 Å². The van der Waals surface area contributed by atoms with Crippen molar-refractivity contribution in [2.75, 3.05) is 5.32 Å². The summed E-state index contributed by atoms with van der Waals surface area (Å²) in [6, 6.07) is 3.46. The molecular formula is C14H17FN2O3. The molecule has 1 aromatic rings. The lowest BCUT2D eigenvalue weighted by Crippen LogP contribution is -2.32. The van der Waals surface area contributed by atoms with Crippen LogP contribution in [-0.2, 0) is 4.79 Å². The molecule has 0 unspecified atom stereocenters. The highest BCUT2D eigenvalue weighted by Gasteiger charge is 2.25. The molecule has 0 radical (unpaired) electrons. The summed E-state index contributed by atoms with van der Waals surface area (Å²) in [6.07, 6.45) is 2.89. The lowest BCUT2D eigenvalue weighted by atomic mass is 9.86. The molecule has 6 heteroatoms. The highest BCUT2D eigenvalue weighted by atomic mass is 19.1. The van der Waals surface area contributed by atoms with Gasteiger partial charge in [-0.05, 0) is 43.9 Å². The minimum absolute atomic E-state index is 0.0626. The molecule has 1 amide bonds. The molecule has 1 aliphatic rings.